The van der Waals surface area contributed by atoms with Crippen LogP contribution in [0.2, 0.25) is 0 Å². The zero-order valence-electron chi connectivity index (χ0n) is 21.4. The van der Waals surface area contributed by atoms with Crippen LogP contribution in [0.3, 0.4) is 0 Å². The minimum Gasteiger partial charge on any atom is -0.490 e. The molecular formula is C32H27BrN2O4. The van der Waals surface area contributed by atoms with Crippen molar-refractivity contribution in [3.8, 4) is 23.3 Å². The van der Waals surface area contributed by atoms with Gasteiger partial charge in [0.1, 0.15) is 30.6 Å². The number of nitrogens with one attached hydrogen (secondary N) is 1. The van der Waals surface area contributed by atoms with Gasteiger partial charge in [0, 0.05) is 15.7 Å². The fraction of sp³-hybridized carbons (Fsp3) is 0.125. The first-order valence-corrected chi connectivity index (χ1v) is 13.2. The van der Waals surface area contributed by atoms with Crippen molar-refractivity contribution in [2.75, 3.05) is 11.9 Å². The Kier molecular flexibility index (Phi) is 9.76. The molecule has 4 rings (SSSR count). The normalized spacial score (nSPS) is 10.8. The summed E-state index contributed by atoms with van der Waals surface area (Å²) < 4.78 is 18.5. The van der Waals surface area contributed by atoms with Gasteiger partial charge in [-0.1, -0.05) is 70.5 Å². The molecule has 0 aliphatic carbocycles. The van der Waals surface area contributed by atoms with Crippen LogP contribution in [0.4, 0.5) is 5.69 Å². The van der Waals surface area contributed by atoms with Crippen molar-refractivity contribution in [2.24, 2.45) is 0 Å². The van der Waals surface area contributed by atoms with Crippen LogP contribution in [0, 0.1) is 11.3 Å². The van der Waals surface area contributed by atoms with Crippen LogP contribution in [-0.4, -0.2) is 12.5 Å². The largest absolute Gasteiger partial charge is 0.490 e. The molecule has 0 aliphatic rings. The lowest BCUT2D eigenvalue weighted by atomic mass is 10.1. The molecule has 6 nitrogen and oxygen atoms in total. The monoisotopic (exact) mass is 582 g/mol. The maximum Gasteiger partial charge on any atom is 0.266 e. The number of halogens is 1. The highest BCUT2D eigenvalue weighted by atomic mass is 79.9. The second-order valence-electron chi connectivity index (χ2n) is 8.44. The van der Waals surface area contributed by atoms with Gasteiger partial charge in [0.2, 0.25) is 0 Å². The fourth-order valence-corrected chi connectivity index (χ4v) is 4.06. The average Bonchev–Trinajstić information content (AvgIpc) is 2.96. The smallest absolute Gasteiger partial charge is 0.266 e. The molecule has 196 valence electrons. The van der Waals surface area contributed by atoms with Crippen molar-refractivity contribution in [2.45, 2.75) is 20.1 Å². The Morgan fingerprint density at radius 2 is 1.62 bits per heavy atom. The third-order valence-corrected chi connectivity index (χ3v) is 6.42. The van der Waals surface area contributed by atoms with Crippen LogP contribution < -0.4 is 19.5 Å². The SMILES string of the molecule is CCOc1cc(/C=C(\C#N)C(=O)Nc2ccc(OCc3ccccc3)cc2)ccc1OCc1ccccc1Br. The molecule has 4 aromatic carbocycles. The first-order chi connectivity index (χ1) is 19.1. The summed E-state index contributed by atoms with van der Waals surface area (Å²) in [5.41, 5.74) is 3.23. The third kappa shape index (κ3) is 7.97. The minimum atomic E-state index is -0.511. The molecule has 0 spiro atoms. The summed E-state index contributed by atoms with van der Waals surface area (Å²) >= 11 is 3.53. The Bertz CT molecular complexity index is 1480. The molecule has 4 aromatic rings. The molecule has 0 bridgehead atoms. The fourth-order valence-electron chi connectivity index (χ4n) is 3.66. The summed E-state index contributed by atoms with van der Waals surface area (Å²) in [6.45, 7) is 3.13. The molecule has 0 fully saturated rings. The van der Waals surface area contributed by atoms with E-state index in [2.05, 4.69) is 21.2 Å². The summed E-state index contributed by atoms with van der Waals surface area (Å²) in [6, 6.07) is 32.0. The standard InChI is InChI=1S/C32H27BrN2O4/c1-2-37-31-19-24(12-17-30(31)39-22-25-10-6-7-11-29(25)33)18-26(20-34)32(36)35-27-13-15-28(16-14-27)38-21-23-8-4-3-5-9-23/h3-19H,2,21-22H2,1H3,(H,35,36)/b26-18+. The van der Waals surface area contributed by atoms with Gasteiger partial charge in [0.15, 0.2) is 11.5 Å². The molecule has 0 aliphatic heterocycles. The minimum absolute atomic E-state index is 0.0382. The lowest BCUT2D eigenvalue weighted by molar-refractivity contribution is -0.112. The van der Waals surface area contributed by atoms with E-state index >= 15 is 0 Å². The molecular weight excluding hydrogens is 556 g/mol. The Balaban J connectivity index is 1.41. The highest BCUT2D eigenvalue weighted by Gasteiger charge is 2.12. The van der Waals surface area contributed by atoms with Crippen LogP contribution >= 0.6 is 15.9 Å². The first-order valence-electron chi connectivity index (χ1n) is 12.4. The van der Waals surface area contributed by atoms with E-state index in [-0.39, 0.29) is 5.57 Å². The van der Waals surface area contributed by atoms with E-state index in [4.69, 9.17) is 14.2 Å². The number of hydrogen-bond donors (Lipinski definition) is 1. The number of nitriles is 1. The zero-order valence-corrected chi connectivity index (χ0v) is 23.0. The van der Waals surface area contributed by atoms with Gasteiger partial charge < -0.3 is 19.5 Å². The molecule has 0 radical (unpaired) electrons. The second kappa shape index (κ2) is 13.8. The number of carbonyl (C=O) groups excluding carboxylic acids is 1. The van der Waals surface area contributed by atoms with Crippen LogP contribution in [-0.2, 0) is 18.0 Å². The molecule has 0 unspecified atom stereocenters. The molecule has 0 heterocycles. The van der Waals surface area contributed by atoms with E-state index in [9.17, 15) is 10.1 Å². The summed E-state index contributed by atoms with van der Waals surface area (Å²) in [4.78, 5) is 12.8. The Morgan fingerprint density at radius 1 is 0.872 bits per heavy atom. The predicted octanol–water partition coefficient (Wildman–Crippen LogP) is 7.55. The molecule has 1 N–H and O–H groups in total. The quantitative estimate of drug-likeness (QED) is 0.146. The molecule has 0 saturated carbocycles. The van der Waals surface area contributed by atoms with Crippen molar-refractivity contribution < 1.29 is 19.0 Å². The number of amides is 1. The summed E-state index contributed by atoms with van der Waals surface area (Å²) in [5.74, 6) is 1.27. The van der Waals surface area contributed by atoms with E-state index in [1.165, 1.54) is 6.08 Å². The summed E-state index contributed by atoms with van der Waals surface area (Å²) in [5, 5.41) is 12.4. The average molecular weight is 583 g/mol. The van der Waals surface area contributed by atoms with Crippen molar-refractivity contribution in [1.29, 1.82) is 5.26 Å². The van der Waals surface area contributed by atoms with Gasteiger partial charge in [0.05, 0.1) is 6.61 Å². The van der Waals surface area contributed by atoms with E-state index in [0.29, 0.717) is 48.3 Å². The van der Waals surface area contributed by atoms with Crippen molar-refractivity contribution in [3.05, 3.63) is 124 Å². The molecule has 7 heteroatoms. The van der Waals surface area contributed by atoms with E-state index in [1.54, 1.807) is 42.5 Å². The number of carbonyl (C=O) groups is 1. The molecule has 0 atom stereocenters. The Labute approximate surface area is 236 Å². The highest BCUT2D eigenvalue weighted by molar-refractivity contribution is 9.10. The molecule has 39 heavy (non-hydrogen) atoms. The van der Waals surface area contributed by atoms with E-state index < -0.39 is 5.91 Å². The maximum atomic E-state index is 12.8. The van der Waals surface area contributed by atoms with Gasteiger partial charge >= 0.3 is 0 Å². The van der Waals surface area contributed by atoms with Gasteiger partial charge in [-0.25, -0.2) is 0 Å². The molecule has 0 aromatic heterocycles. The Hall–Kier alpha value is -4.54. The lowest BCUT2D eigenvalue weighted by Gasteiger charge is -2.13. The molecule has 1 amide bonds. The summed E-state index contributed by atoms with van der Waals surface area (Å²) in [6.07, 6.45) is 1.52. The van der Waals surface area contributed by atoms with Crippen molar-refractivity contribution in [3.63, 3.8) is 0 Å². The van der Waals surface area contributed by atoms with Gasteiger partial charge in [-0.2, -0.15) is 5.26 Å². The highest BCUT2D eigenvalue weighted by Crippen LogP contribution is 2.31. The zero-order chi connectivity index (χ0) is 27.5. The number of anilines is 1. The number of rotatable bonds is 11. The van der Waals surface area contributed by atoms with Crippen LogP contribution in [0.25, 0.3) is 6.08 Å². The first kappa shape index (κ1) is 27.5. The van der Waals surface area contributed by atoms with Gasteiger partial charge in [-0.05, 0) is 66.6 Å². The predicted molar refractivity (Wildman–Crippen MR) is 156 cm³/mol. The molecule has 0 saturated heterocycles. The van der Waals surface area contributed by atoms with Crippen LogP contribution in [0.1, 0.15) is 23.6 Å². The number of ether oxygens (including phenoxy) is 3. The maximum absolute atomic E-state index is 12.8. The lowest BCUT2D eigenvalue weighted by Crippen LogP contribution is -2.13. The Morgan fingerprint density at radius 3 is 2.33 bits per heavy atom. The van der Waals surface area contributed by atoms with Crippen LogP contribution in [0.15, 0.2) is 107 Å². The topological polar surface area (TPSA) is 80.6 Å². The summed E-state index contributed by atoms with van der Waals surface area (Å²) in [7, 11) is 0. The van der Waals surface area contributed by atoms with Crippen molar-refractivity contribution in [1.82, 2.24) is 0 Å². The number of benzene rings is 4. The van der Waals surface area contributed by atoms with E-state index in [1.807, 2.05) is 67.6 Å². The second-order valence-corrected chi connectivity index (χ2v) is 9.30. The van der Waals surface area contributed by atoms with E-state index in [0.717, 1.165) is 15.6 Å². The number of hydrogen-bond acceptors (Lipinski definition) is 5. The van der Waals surface area contributed by atoms with Gasteiger partial charge in [-0.3, -0.25) is 4.79 Å². The third-order valence-electron chi connectivity index (χ3n) is 5.65. The van der Waals surface area contributed by atoms with Crippen LogP contribution in [0.5, 0.6) is 17.2 Å². The number of nitrogens with zero attached hydrogens (tertiary/aromatic N) is 1. The van der Waals surface area contributed by atoms with Gasteiger partial charge in [0.25, 0.3) is 5.91 Å². The van der Waals surface area contributed by atoms with Crippen molar-refractivity contribution >= 4 is 33.6 Å². The van der Waals surface area contributed by atoms with Gasteiger partial charge in [-0.15, -0.1) is 0 Å².